The summed E-state index contributed by atoms with van der Waals surface area (Å²) in [5.41, 5.74) is 0. The minimum absolute atomic E-state index is 0.340. The molecule has 0 saturated carbocycles. The first kappa shape index (κ1) is 9.22. The average Bonchev–Trinajstić information content (AvgIpc) is 1.86. The van der Waals surface area contributed by atoms with Gasteiger partial charge >= 0.3 is 0 Å². The van der Waals surface area contributed by atoms with E-state index in [0.717, 1.165) is 0 Å². The Balaban J connectivity index is 3.91. The highest BCUT2D eigenvalue weighted by Crippen LogP contribution is 1.93. The second-order valence-electron chi connectivity index (χ2n) is 1.38. The van der Waals surface area contributed by atoms with Crippen LogP contribution in [0.5, 0.6) is 0 Å². The molecule has 0 saturated heterocycles. The Kier molecular flexibility index (Phi) is 4.65. The molecule has 0 heterocycles. The largest absolute Gasteiger partial charge is 0.360 e. The van der Waals surface area contributed by atoms with Crippen LogP contribution in [-0.2, 0) is 0 Å². The van der Waals surface area contributed by atoms with Gasteiger partial charge in [-0.15, -0.1) is 0 Å². The molecule has 58 valence electrons. The Morgan fingerprint density at radius 2 is 2.50 bits per heavy atom. The maximum absolute atomic E-state index is 9.81. The maximum atomic E-state index is 9.81. The van der Waals surface area contributed by atoms with Crippen LogP contribution < -0.4 is 5.32 Å². The smallest absolute Gasteiger partial charge is 0.234 e. The zero-order chi connectivity index (χ0) is 7.98. The lowest BCUT2D eigenvalue weighted by Gasteiger charge is -1.97. The Hall–Kier alpha value is -0.780. The molecule has 0 spiro atoms. The third kappa shape index (κ3) is 4.13. The molecule has 0 aliphatic heterocycles. The highest BCUT2D eigenvalue weighted by atomic mass is 32.2. The highest BCUT2D eigenvalue weighted by molar-refractivity contribution is 8.13. The van der Waals surface area contributed by atoms with Crippen molar-refractivity contribution in [2.24, 2.45) is 5.10 Å². The molecule has 0 fully saturated rings. The van der Waals surface area contributed by atoms with Gasteiger partial charge < -0.3 is 5.32 Å². The molecule has 0 unspecified atom stereocenters. The molecule has 0 amide bonds. The van der Waals surface area contributed by atoms with Crippen LogP contribution >= 0.6 is 11.8 Å². The number of hydrogen-bond acceptors (Lipinski definition) is 3. The molecule has 0 aromatic rings. The summed E-state index contributed by atoms with van der Waals surface area (Å²) in [6.07, 6.45) is 1.73. The number of nitro groups is 1. The van der Waals surface area contributed by atoms with E-state index >= 15 is 0 Å². The summed E-state index contributed by atoms with van der Waals surface area (Å²) in [5, 5.41) is 15.2. The van der Waals surface area contributed by atoms with Crippen LogP contribution in [0.3, 0.4) is 0 Å². The van der Waals surface area contributed by atoms with Crippen molar-refractivity contribution in [3.8, 4) is 0 Å². The zero-order valence-electron chi connectivity index (χ0n) is 5.83. The van der Waals surface area contributed by atoms with Gasteiger partial charge in [-0.2, -0.15) is 0 Å². The van der Waals surface area contributed by atoms with E-state index < -0.39 is 5.03 Å². The van der Waals surface area contributed by atoms with E-state index in [1.165, 1.54) is 11.8 Å². The fraction of sp³-hybridized carbons (Fsp3) is 0.750. The van der Waals surface area contributed by atoms with Crippen molar-refractivity contribution < 1.29 is 5.03 Å². The molecule has 0 aliphatic rings. The van der Waals surface area contributed by atoms with Crippen molar-refractivity contribution in [3.63, 3.8) is 0 Å². The molecule has 0 aliphatic carbocycles. The molecule has 0 bridgehead atoms. The Labute approximate surface area is 63.0 Å². The summed E-state index contributed by atoms with van der Waals surface area (Å²) in [5.74, 6) is 0. The van der Waals surface area contributed by atoms with Crippen LogP contribution in [-0.4, -0.2) is 23.0 Å². The summed E-state index contributed by atoms with van der Waals surface area (Å²) in [4.78, 5) is 9.81. The summed E-state index contributed by atoms with van der Waals surface area (Å²) < 4.78 is 0. The van der Waals surface area contributed by atoms with Crippen molar-refractivity contribution in [2.75, 3.05) is 12.8 Å². The number of hydrogen-bond donors (Lipinski definition) is 1. The molecule has 0 radical (unpaired) electrons. The Morgan fingerprint density at radius 3 is 2.80 bits per heavy atom. The van der Waals surface area contributed by atoms with Crippen LogP contribution in [0.4, 0.5) is 0 Å². The number of thioether (sulfide) groups is 1. The zero-order valence-corrected chi connectivity index (χ0v) is 6.64. The lowest BCUT2D eigenvalue weighted by molar-refractivity contribution is -0.484. The van der Waals surface area contributed by atoms with Gasteiger partial charge in [0.2, 0.25) is 5.17 Å². The van der Waals surface area contributed by atoms with E-state index in [1.807, 2.05) is 6.92 Å². The van der Waals surface area contributed by atoms with Gasteiger partial charge in [-0.1, -0.05) is 11.8 Å². The van der Waals surface area contributed by atoms with Crippen LogP contribution in [0.25, 0.3) is 0 Å². The van der Waals surface area contributed by atoms with Gasteiger partial charge in [-0.3, -0.25) is 0 Å². The number of hydrazone groups is 1. The molecule has 0 aromatic heterocycles. The normalized spacial score (nSPS) is 11.2. The second-order valence-corrected chi connectivity index (χ2v) is 2.17. The van der Waals surface area contributed by atoms with Gasteiger partial charge in [-0.25, -0.2) is 10.1 Å². The van der Waals surface area contributed by atoms with Crippen LogP contribution in [0.15, 0.2) is 5.10 Å². The topological polar surface area (TPSA) is 67.5 Å². The molecule has 0 rings (SSSR count). The van der Waals surface area contributed by atoms with E-state index in [1.54, 1.807) is 6.26 Å². The van der Waals surface area contributed by atoms with Gasteiger partial charge in [0.05, 0.1) is 5.10 Å². The quantitative estimate of drug-likeness (QED) is 0.279. The minimum atomic E-state index is -0.714. The molecule has 6 heteroatoms. The van der Waals surface area contributed by atoms with Crippen molar-refractivity contribution in [3.05, 3.63) is 10.1 Å². The lowest BCUT2D eigenvalue weighted by atomic mass is 10.8. The fourth-order valence-electron chi connectivity index (χ4n) is 0.374. The number of amidine groups is 1. The summed E-state index contributed by atoms with van der Waals surface area (Å²) in [7, 11) is 0. The van der Waals surface area contributed by atoms with E-state index in [4.69, 9.17) is 0 Å². The number of nitrogens with zero attached hydrogens (tertiary/aromatic N) is 2. The fourth-order valence-corrected chi connectivity index (χ4v) is 0.811. The number of rotatable bonds is 2. The molecule has 0 aromatic carbocycles. The standard InChI is InChI=1S/C4H9N3O2S/c1-3-5-4(10-2)6-7(8)9/h3H2,1-2H3,(H,5,6). The third-order valence-electron chi connectivity index (χ3n) is 0.694. The van der Waals surface area contributed by atoms with E-state index in [-0.39, 0.29) is 0 Å². The van der Waals surface area contributed by atoms with Crippen molar-refractivity contribution in [1.29, 1.82) is 0 Å². The molecule has 10 heavy (non-hydrogen) atoms. The van der Waals surface area contributed by atoms with E-state index in [0.29, 0.717) is 11.7 Å². The van der Waals surface area contributed by atoms with Gasteiger partial charge in [0.15, 0.2) is 5.03 Å². The monoisotopic (exact) mass is 163 g/mol. The molecule has 0 atom stereocenters. The van der Waals surface area contributed by atoms with E-state index in [9.17, 15) is 10.1 Å². The van der Waals surface area contributed by atoms with Gasteiger partial charge in [-0.05, 0) is 13.2 Å². The molecule has 1 N–H and O–H groups in total. The summed E-state index contributed by atoms with van der Waals surface area (Å²) in [6.45, 7) is 2.50. The van der Waals surface area contributed by atoms with Crippen molar-refractivity contribution in [2.45, 2.75) is 6.92 Å². The van der Waals surface area contributed by atoms with Crippen LogP contribution in [0.2, 0.25) is 0 Å². The minimum Gasteiger partial charge on any atom is -0.360 e. The van der Waals surface area contributed by atoms with Gasteiger partial charge in [0, 0.05) is 6.54 Å². The first-order chi connectivity index (χ1) is 4.70. The highest BCUT2D eigenvalue weighted by Gasteiger charge is 1.99. The second kappa shape index (κ2) is 5.04. The van der Waals surface area contributed by atoms with Crippen LogP contribution in [0.1, 0.15) is 6.92 Å². The molecular weight excluding hydrogens is 154 g/mol. The first-order valence-corrected chi connectivity index (χ1v) is 3.94. The molecule has 5 nitrogen and oxygen atoms in total. The first-order valence-electron chi connectivity index (χ1n) is 2.71. The Morgan fingerprint density at radius 1 is 1.90 bits per heavy atom. The predicted molar refractivity (Wildman–Crippen MR) is 41.6 cm³/mol. The summed E-state index contributed by atoms with van der Waals surface area (Å²) in [6, 6.07) is 0. The maximum Gasteiger partial charge on any atom is 0.234 e. The predicted octanol–water partition coefficient (Wildman–Crippen LogP) is 0.507. The number of nitrogens with one attached hydrogen (secondary N) is 1. The summed E-state index contributed by atoms with van der Waals surface area (Å²) >= 11 is 1.22. The van der Waals surface area contributed by atoms with E-state index in [2.05, 4.69) is 10.4 Å². The van der Waals surface area contributed by atoms with Crippen molar-refractivity contribution >= 4 is 16.9 Å². The van der Waals surface area contributed by atoms with Crippen molar-refractivity contribution in [1.82, 2.24) is 5.32 Å². The van der Waals surface area contributed by atoms with Gasteiger partial charge in [0.1, 0.15) is 0 Å². The van der Waals surface area contributed by atoms with Gasteiger partial charge in [0.25, 0.3) is 0 Å². The third-order valence-corrected chi connectivity index (χ3v) is 1.31. The SMILES string of the molecule is CCNC(=N[N+](=O)[O-])SC. The average molecular weight is 163 g/mol. The lowest BCUT2D eigenvalue weighted by Crippen LogP contribution is -2.20. The Bertz CT molecular complexity index is 147. The molecular formula is C4H9N3O2S. The van der Waals surface area contributed by atoms with Crippen LogP contribution in [0, 0.1) is 10.1 Å².